The number of nitrogens with two attached hydrogens (primary N) is 1. The molecule has 1 amide bonds. The highest BCUT2D eigenvalue weighted by Gasteiger charge is 2.26. The van der Waals surface area contributed by atoms with Crippen molar-refractivity contribution in [1.82, 2.24) is 4.90 Å². The van der Waals surface area contributed by atoms with Gasteiger partial charge >= 0.3 is 0 Å². The summed E-state index contributed by atoms with van der Waals surface area (Å²) < 4.78 is 5.57. The maximum Gasteiger partial charge on any atom is 0.277 e. The van der Waals surface area contributed by atoms with Crippen LogP contribution in [0.25, 0.3) is 0 Å². The van der Waals surface area contributed by atoms with E-state index < -0.39 is 0 Å². The molecule has 0 aromatic carbocycles. The SMILES string of the molecule is CC[C@H]1CCCCN1C(=O)C[NH2+]C[C@@H]1CCCO1. The number of amides is 1. The van der Waals surface area contributed by atoms with E-state index in [1.54, 1.807) is 0 Å². The maximum atomic E-state index is 12.2. The molecule has 0 aromatic rings. The van der Waals surface area contributed by atoms with Crippen LogP contribution in [0, 0.1) is 0 Å². The van der Waals surface area contributed by atoms with Crippen molar-refractivity contribution >= 4 is 5.91 Å². The van der Waals surface area contributed by atoms with Crippen LogP contribution >= 0.6 is 0 Å². The Morgan fingerprint density at radius 1 is 1.33 bits per heavy atom. The lowest BCUT2D eigenvalue weighted by atomic mass is 10.00. The molecule has 0 aliphatic carbocycles. The highest BCUT2D eigenvalue weighted by molar-refractivity contribution is 5.77. The fourth-order valence-electron chi connectivity index (χ4n) is 3.09. The summed E-state index contributed by atoms with van der Waals surface area (Å²) >= 11 is 0. The first-order valence-corrected chi connectivity index (χ1v) is 7.54. The summed E-state index contributed by atoms with van der Waals surface area (Å²) in [6.07, 6.45) is 7.45. The Morgan fingerprint density at radius 2 is 2.22 bits per heavy atom. The fourth-order valence-corrected chi connectivity index (χ4v) is 3.09. The molecule has 0 radical (unpaired) electrons. The Balaban J connectivity index is 1.69. The Morgan fingerprint density at radius 3 is 2.94 bits per heavy atom. The molecule has 4 nitrogen and oxygen atoms in total. The van der Waals surface area contributed by atoms with Gasteiger partial charge in [0.1, 0.15) is 12.6 Å². The Hall–Kier alpha value is -0.610. The molecular weight excluding hydrogens is 228 g/mol. The standard InChI is InChI=1S/C14H26N2O2/c1-2-12-6-3-4-8-16(12)14(17)11-15-10-13-7-5-9-18-13/h12-13,15H,2-11H2,1H3/p+1/t12-,13-/m0/s1. The number of ether oxygens (including phenoxy) is 1. The van der Waals surface area contributed by atoms with E-state index in [0.717, 1.165) is 32.5 Å². The zero-order valence-corrected chi connectivity index (χ0v) is 11.6. The van der Waals surface area contributed by atoms with Crippen LogP contribution in [0.15, 0.2) is 0 Å². The van der Waals surface area contributed by atoms with Crippen LogP contribution < -0.4 is 5.32 Å². The Labute approximate surface area is 110 Å². The molecule has 2 saturated heterocycles. The molecule has 4 heteroatoms. The van der Waals surface area contributed by atoms with Crippen molar-refractivity contribution in [2.75, 3.05) is 26.2 Å². The number of quaternary nitrogens is 1. The van der Waals surface area contributed by atoms with E-state index in [1.165, 1.54) is 25.7 Å². The van der Waals surface area contributed by atoms with Gasteiger partial charge in [0.2, 0.25) is 0 Å². The Bertz CT molecular complexity index is 265. The van der Waals surface area contributed by atoms with Crippen molar-refractivity contribution < 1.29 is 14.8 Å². The molecule has 104 valence electrons. The number of nitrogens with zero attached hydrogens (tertiary/aromatic N) is 1. The molecule has 18 heavy (non-hydrogen) atoms. The molecular formula is C14H27N2O2+. The van der Waals surface area contributed by atoms with E-state index in [0.29, 0.717) is 24.6 Å². The van der Waals surface area contributed by atoms with E-state index in [2.05, 4.69) is 17.1 Å². The third-order valence-electron chi connectivity index (χ3n) is 4.19. The first-order valence-electron chi connectivity index (χ1n) is 7.54. The molecule has 0 saturated carbocycles. The highest BCUT2D eigenvalue weighted by Crippen LogP contribution is 2.18. The largest absolute Gasteiger partial charge is 0.372 e. The minimum Gasteiger partial charge on any atom is -0.372 e. The van der Waals surface area contributed by atoms with Gasteiger partial charge in [0.05, 0.1) is 0 Å². The van der Waals surface area contributed by atoms with Gasteiger partial charge in [-0.2, -0.15) is 0 Å². The van der Waals surface area contributed by atoms with Crippen molar-refractivity contribution in [1.29, 1.82) is 0 Å². The molecule has 2 aliphatic rings. The van der Waals surface area contributed by atoms with Crippen molar-refractivity contribution in [3.8, 4) is 0 Å². The third kappa shape index (κ3) is 3.69. The summed E-state index contributed by atoms with van der Waals surface area (Å²) in [5, 5.41) is 2.12. The van der Waals surface area contributed by atoms with Crippen LogP contribution in [0.2, 0.25) is 0 Å². The minimum absolute atomic E-state index is 0.319. The average molecular weight is 255 g/mol. The lowest BCUT2D eigenvalue weighted by molar-refractivity contribution is -0.650. The van der Waals surface area contributed by atoms with Gasteiger partial charge in [-0.15, -0.1) is 0 Å². The molecule has 2 N–H and O–H groups in total. The summed E-state index contributed by atoms with van der Waals surface area (Å²) in [5.74, 6) is 0.319. The molecule has 0 bridgehead atoms. The van der Waals surface area contributed by atoms with Crippen LogP contribution in [-0.2, 0) is 9.53 Å². The third-order valence-corrected chi connectivity index (χ3v) is 4.19. The Kier molecular flexibility index (Phi) is 5.45. The molecule has 2 aliphatic heterocycles. The first-order chi connectivity index (χ1) is 8.81. The van der Waals surface area contributed by atoms with Crippen LogP contribution in [0.4, 0.5) is 0 Å². The number of carbonyl (C=O) groups excluding carboxylic acids is 1. The number of carbonyl (C=O) groups is 1. The van der Waals surface area contributed by atoms with Gasteiger partial charge in [-0.3, -0.25) is 4.79 Å². The van der Waals surface area contributed by atoms with E-state index in [9.17, 15) is 4.79 Å². The molecule has 0 unspecified atom stereocenters. The molecule has 0 aromatic heterocycles. The molecule has 2 rings (SSSR count). The van der Waals surface area contributed by atoms with E-state index >= 15 is 0 Å². The first kappa shape index (κ1) is 13.8. The second kappa shape index (κ2) is 7.10. The van der Waals surface area contributed by atoms with Gasteiger partial charge in [0.25, 0.3) is 5.91 Å². The van der Waals surface area contributed by atoms with Crippen molar-refractivity contribution in [3.05, 3.63) is 0 Å². The van der Waals surface area contributed by atoms with Gasteiger partial charge < -0.3 is 15.0 Å². The molecule has 2 heterocycles. The zero-order chi connectivity index (χ0) is 12.8. The van der Waals surface area contributed by atoms with Crippen molar-refractivity contribution in [2.45, 2.75) is 57.6 Å². The number of piperidine rings is 1. The number of rotatable bonds is 5. The van der Waals surface area contributed by atoms with Crippen LogP contribution in [-0.4, -0.2) is 49.2 Å². The number of hydrogen-bond acceptors (Lipinski definition) is 2. The lowest BCUT2D eigenvalue weighted by Crippen LogP contribution is -2.88. The van der Waals surface area contributed by atoms with Gasteiger partial charge in [0.15, 0.2) is 6.54 Å². The van der Waals surface area contributed by atoms with Crippen LogP contribution in [0.1, 0.15) is 45.4 Å². The van der Waals surface area contributed by atoms with E-state index in [-0.39, 0.29) is 0 Å². The predicted molar refractivity (Wildman–Crippen MR) is 70.3 cm³/mol. The smallest absolute Gasteiger partial charge is 0.277 e. The van der Waals surface area contributed by atoms with Gasteiger partial charge in [-0.05, 0) is 38.5 Å². The minimum atomic E-state index is 0.319. The second-order valence-electron chi connectivity index (χ2n) is 5.51. The number of hydrogen-bond donors (Lipinski definition) is 1. The normalized spacial score (nSPS) is 28.6. The predicted octanol–water partition coefficient (Wildman–Crippen LogP) is 0.520. The summed E-state index contributed by atoms with van der Waals surface area (Å²) in [4.78, 5) is 14.3. The second-order valence-corrected chi connectivity index (χ2v) is 5.51. The monoisotopic (exact) mass is 255 g/mol. The average Bonchev–Trinajstić information content (AvgIpc) is 2.91. The quantitative estimate of drug-likeness (QED) is 0.778. The fraction of sp³-hybridized carbons (Fsp3) is 0.929. The lowest BCUT2D eigenvalue weighted by Gasteiger charge is -2.34. The van der Waals surface area contributed by atoms with E-state index in [1.807, 2.05) is 0 Å². The molecule has 0 spiro atoms. The van der Waals surface area contributed by atoms with E-state index in [4.69, 9.17) is 4.74 Å². The van der Waals surface area contributed by atoms with Crippen molar-refractivity contribution in [2.24, 2.45) is 0 Å². The van der Waals surface area contributed by atoms with Crippen LogP contribution in [0.3, 0.4) is 0 Å². The molecule has 2 fully saturated rings. The van der Waals surface area contributed by atoms with Gasteiger partial charge in [-0.1, -0.05) is 6.92 Å². The topological polar surface area (TPSA) is 46.2 Å². The van der Waals surface area contributed by atoms with Gasteiger partial charge in [0, 0.05) is 19.2 Å². The summed E-state index contributed by atoms with van der Waals surface area (Å²) in [5.41, 5.74) is 0. The zero-order valence-electron chi connectivity index (χ0n) is 11.6. The number of likely N-dealkylation sites (tertiary alicyclic amines) is 1. The maximum absolute atomic E-state index is 12.2. The summed E-state index contributed by atoms with van der Waals surface area (Å²) in [6, 6.07) is 0.488. The van der Waals surface area contributed by atoms with Crippen LogP contribution in [0.5, 0.6) is 0 Å². The summed E-state index contributed by atoms with van der Waals surface area (Å²) in [7, 11) is 0. The highest BCUT2D eigenvalue weighted by atomic mass is 16.5. The molecule has 2 atom stereocenters. The van der Waals surface area contributed by atoms with Gasteiger partial charge in [-0.25, -0.2) is 0 Å². The summed E-state index contributed by atoms with van der Waals surface area (Å²) in [6.45, 7) is 5.58. The van der Waals surface area contributed by atoms with Crippen molar-refractivity contribution in [3.63, 3.8) is 0 Å².